The van der Waals surface area contributed by atoms with Crippen molar-refractivity contribution < 1.29 is 9.59 Å². The number of fused-ring (bicyclic) bond motifs is 1. The number of carbonyl (C=O) groups is 2. The molecule has 0 bridgehead atoms. The molecule has 118 valence electrons. The molecule has 2 amide bonds. The average molecular weight is 311 g/mol. The molecule has 1 N–H and O–H groups in total. The van der Waals surface area contributed by atoms with Gasteiger partial charge in [-0.1, -0.05) is 0 Å². The predicted octanol–water partition coefficient (Wildman–Crippen LogP) is 0.898. The molecular weight excluding hydrogens is 286 g/mol. The number of piperidine rings is 1. The highest BCUT2D eigenvalue weighted by atomic mass is 32.2. The van der Waals surface area contributed by atoms with Crippen molar-refractivity contribution in [2.24, 2.45) is 5.92 Å². The fraction of sp³-hybridized carbons (Fsp3) is 0.867. The number of carbonyl (C=O) groups excluding carboxylic acids is 2. The van der Waals surface area contributed by atoms with Gasteiger partial charge < -0.3 is 15.1 Å². The zero-order valence-electron chi connectivity index (χ0n) is 12.9. The number of amides is 2. The SMILES string of the molecule is CNCC1CCN(C(=O)C2CSC3(C)CCC(=O)N23)CC1. The topological polar surface area (TPSA) is 52.7 Å². The molecule has 0 aromatic heterocycles. The molecule has 3 aliphatic heterocycles. The van der Waals surface area contributed by atoms with E-state index in [1.807, 2.05) is 16.8 Å². The van der Waals surface area contributed by atoms with Gasteiger partial charge in [0.1, 0.15) is 6.04 Å². The van der Waals surface area contributed by atoms with E-state index in [9.17, 15) is 9.59 Å². The molecule has 6 heteroatoms. The smallest absolute Gasteiger partial charge is 0.246 e. The molecule has 0 saturated carbocycles. The molecular formula is C15H25N3O2S. The van der Waals surface area contributed by atoms with Gasteiger partial charge >= 0.3 is 0 Å². The van der Waals surface area contributed by atoms with Crippen molar-refractivity contribution in [2.45, 2.75) is 43.5 Å². The fourth-order valence-electron chi connectivity index (χ4n) is 3.86. The second-order valence-electron chi connectivity index (χ2n) is 6.59. The van der Waals surface area contributed by atoms with E-state index in [-0.39, 0.29) is 22.7 Å². The molecule has 0 radical (unpaired) electrons. The molecule has 3 aliphatic rings. The fourth-order valence-corrected chi connectivity index (χ4v) is 5.28. The molecule has 2 atom stereocenters. The molecule has 2 unspecified atom stereocenters. The summed E-state index contributed by atoms with van der Waals surface area (Å²) in [5.74, 6) is 1.77. The Labute approximate surface area is 130 Å². The second-order valence-corrected chi connectivity index (χ2v) is 8.09. The number of nitrogens with one attached hydrogen (secondary N) is 1. The number of thioether (sulfide) groups is 1. The third-order valence-electron chi connectivity index (χ3n) is 5.15. The van der Waals surface area contributed by atoms with Crippen LogP contribution in [0.25, 0.3) is 0 Å². The molecule has 3 heterocycles. The molecule has 0 aliphatic carbocycles. The Bertz CT molecular complexity index is 437. The van der Waals surface area contributed by atoms with Crippen molar-refractivity contribution in [3.05, 3.63) is 0 Å². The largest absolute Gasteiger partial charge is 0.341 e. The van der Waals surface area contributed by atoms with Crippen molar-refractivity contribution in [1.82, 2.24) is 15.1 Å². The monoisotopic (exact) mass is 311 g/mol. The van der Waals surface area contributed by atoms with E-state index in [0.717, 1.165) is 44.6 Å². The van der Waals surface area contributed by atoms with Crippen LogP contribution in [-0.4, -0.2) is 65.0 Å². The van der Waals surface area contributed by atoms with Crippen molar-refractivity contribution in [3.8, 4) is 0 Å². The van der Waals surface area contributed by atoms with Crippen molar-refractivity contribution in [1.29, 1.82) is 0 Å². The van der Waals surface area contributed by atoms with Crippen LogP contribution >= 0.6 is 11.8 Å². The molecule has 0 aromatic carbocycles. The number of hydrogen-bond acceptors (Lipinski definition) is 4. The van der Waals surface area contributed by atoms with Crippen molar-refractivity contribution in [3.63, 3.8) is 0 Å². The van der Waals surface area contributed by atoms with Gasteiger partial charge in [0.25, 0.3) is 0 Å². The van der Waals surface area contributed by atoms with Crippen LogP contribution in [0, 0.1) is 5.92 Å². The van der Waals surface area contributed by atoms with Crippen LogP contribution in [-0.2, 0) is 9.59 Å². The first-order valence-corrected chi connectivity index (χ1v) is 8.93. The summed E-state index contributed by atoms with van der Waals surface area (Å²) >= 11 is 1.78. The van der Waals surface area contributed by atoms with Crippen LogP contribution in [0.2, 0.25) is 0 Å². The summed E-state index contributed by atoms with van der Waals surface area (Å²) in [5, 5.41) is 3.22. The maximum atomic E-state index is 12.8. The van der Waals surface area contributed by atoms with E-state index in [1.54, 1.807) is 11.8 Å². The summed E-state index contributed by atoms with van der Waals surface area (Å²) in [5.41, 5.74) is 0. The van der Waals surface area contributed by atoms with E-state index in [1.165, 1.54) is 0 Å². The Hall–Kier alpha value is -0.750. The molecule has 5 nitrogen and oxygen atoms in total. The van der Waals surface area contributed by atoms with Gasteiger partial charge in [-0.3, -0.25) is 9.59 Å². The first-order chi connectivity index (χ1) is 10.0. The van der Waals surface area contributed by atoms with Crippen LogP contribution in [0.1, 0.15) is 32.6 Å². The minimum atomic E-state index is -0.226. The third kappa shape index (κ3) is 2.68. The maximum absolute atomic E-state index is 12.8. The minimum Gasteiger partial charge on any atom is -0.341 e. The number of nitrogens with zero attached hydrogens (tertiary/aromatic N) is 2. The van der Waals surface area contributed by atoms with Gasteiger partial charge in [0.2, 0.25) is 11.8 Å². The Morgan fingerprint density at radius 3 is 2.81 bits per heavy atom. The zero-order chi connectivity index (χ0) is 15.0. The van der Waals surface area contributed by atoms with E-state index >= 15 is 0 Å². The first kappa shape index (κ1) is 15.2. The van der Waals surface area contributed by atoms with Crippen LogP contribution in [0.5, 0.6) is 0 Å². The van der Waals surface area contributed by atoms with Crippen LogP contribution in [0.4, 0.5) is 0 Å². The van der Waals surface area contributed by atoms with E-state index < -0.39 is 0 Å². The summed E-state index contributed by atoms with van der Waals surface area (Å²) in [6.07, 6.45) is 3.61. The molecule has 0 spiro atoms. The Morgan fingerprint density at radius 1 is 1.43 bits per heavy atom. The van der Waals surface area contributed by atoms with Crippen molar-refractivity contribution in [2.75, 3.05) is 32.4 Å². The van der Waals surface area contributed by atoms with Gasteiger partial charge in [0.15, 0.2) is 0 Å². The highest BCUT2D eigenvalue weighted by Gasteiger charge is 2.53. The lowest BCUT2D eigenvalue weighted by molar-refractivity contribution is -0.144. The molecule has 3 fully saturated rings. The third-order valence-corrected chi connectivity index (χ3v) is 6.65. The van der Waals surface area contributed by atoms with Gasteiger partial charge in [-0.05, 0) is 45.7 Å². The van der Waals surface area contributed by atoms with Crippen LogP contribution in [0.3, 0.4) is 0 Å². The predicted molar refractivity (Wildman–Crippen MR) is 84.0 cm³/mol. The summed E-state index contributed by atoms with van der Waals surface area (Å²) in [4.78, 5) is 28.6. The molecule has 21 heavy (non-hydrogen) atoms. The highest BCUT2D eigenvalue weighted by Crippen LogP contribution is 2.47. The first-order valence-electron chi connectivity index (χ1n) is 7.94. The Balaban J connectivity index is 1.63. The van der Waals surface area contributed by atoms with E-state index in [2.05, 4.69) is 12.2 Å². The number of hydrogen-bond donors (Lipinski definition) is 1. The normalized spacial score (nSPS) is 33.6. The number of likely N-dealkylation sites (tertiary alicyclic amines) is 1. The van der Waals surface area contributed by atoms with Gasteiger partial charge in [-0.2, -0.15) is 0 Å². The summed E-state index contributed by atoms with van der Waals surface area (Å²) in [7, 11) is 1.98. The van der Waals surface area contributed by atoms with E-state index in [0.29, 0.717) is 12.3 Å². The quantitative estimate of drug-likeness (QED) is 0.841. The van der Waals surface area contributed by atoms with Gasteiger partial charge in [0.05, 0.1) is 4.87 Å². The summed E-state index contributed by atoms with van der Waals surface area (Å²) in [6, 6.07) is -0.226. The number of rotatable bonds is 3. The molecule has 3 rings (SSSR count). The van der Waals surface area contributed by atoms with Gasteiger partial charge in [-0.25, -0.2) is 0 Å². The summed E-state index contributed by atoms with van der Waals surface area (Å²) in [6.45, 7) is 4.81. The Morgan fingerprint density at radius 2 is 2.14 bits per heavy atom. The standard InChI is InChI=1S/C15H25N3O2S/c1-15-6-3-13(19)18(15)12(10-21-15)14(20)17-7-4-11(5-8-17)9-16-2/h11-12,16H,3-10H2,1-2H3. The zero-order valence-corrected chi connectivity index (χ0v) is 13.7. The lowest BCUT2D eigenvalue weighted by atomic mass is 9.96. The van der Waals surface area contributed by atoms with Crippen LogP contribution < -0.4 is 5.32 Å². The van der Waals surface area contributed by atoms with Crippen molar-refractivity contribution >= 4 is 23.6 Å². The summed E-state index contributed by atoms with van der Waals surface area (Å²) < 4.78 is 0. The molecule has 0 aromatic rings. The maximum Gasteiger partial charge on any atom is 0.246 e. The highest BCUT2D eigenvalue weighted by molar-refractivity contribution is 8.01. The van der Waals surface area contributed by atoms with Gasteiger partial charge in [0, 0.05) is 25.3 Å². The van der Waals surface area contributed by atoms with Gasteiger partial charge in [-0.15, -0.1) is 11.8 Å². The van der Waals surface area contributed by atoms with E-state index in [4.69, 9.17) is 0 Å². The molecule has 3 saturated heterocycles. The average Bonchev–Trinajstić information content (AvgIpc) is 2.97. The lowest BCUT2D eigenvalue weighted by Crippen LogP contribution is -2.53. The van der Waals surface area contributed by atoms with Crippen LogP contribution in [0.15, 0.2) is 0 Å². The minimum absolute atomic E-state index is 0.137. The lowest BCUT2D eigenvalue weighted by Gasteiger charge is -2.36. The Kier molecular flexibility index (Phi) is 4.19. The second kappa shape index (κ2) is 5.80.